The zero-order valence-electron chi connectivity index (χ0n) is 24.4. The summed E-state index contributed by atoms with van der Waals surface area (Å²) in [6, 6.07) is 8.20. The van der Waals surface area contributed by atoms with E-state index in [1.54, 1.807) is 11.6 Å². The van der Waals surface area contributed by atoms with Crippen LogP contribution < -0.4 is 16.0 Å². The van der Waals surface area contributed by atoms with Gasteiger partial charge in [0.2, 0.25) is 17.7 Å². The number of hydrogen-bond donors (Lipinski definition) is 4. The molecule has 0 bridgehead atoms. The van der Waals surface area contributed by atoms with Gasteiger partial charge in [0.15, 0.2) is 0 Å². The molecule has 2 rings (SSSR count). The van der Waals surface area contributed by atoms with E-state index in [-0.39, 0.29) is 36.0 Å². The molecule has 0 saturated heterocycles. The van der Waals surface area contributed by atoms with Gasteiger partial charge in [-0.3, -0.25) is 14.4 Å². The summed E-state index contributed by atoms with van der Waals surface area (Å²) in [6.45, 7) is 13.7. The number of aromatic nitrogens is 1. The van der Waals surface area contributed by atoms with Gasteiger partial charge < -0.3 is 21.1 Å². The van der Waals surface area contributed by atoms with Crippen LogP contribution >= 0.6 is 11.3 Å². The average molecular weight is 559 g/mol. The third kappa shape index (κ3) is 11.9. The lowest BCUT2D eigenvalue weighted by Crippen LogP contribution is -2.53. The van der Waals surface area contributed by atoms with Crippen LogP contribution in [0.3, 0.4) is 0 Å². The molecule has 0 radical (unpaired) electrons. The predicted octanol–water partition coefficient (Wildman–Crippen LogP) is 4.40. The van der Waals surface area contributed by atoms with E-state index in [0.717, 1.165) is 5.56 Å². The standard InChI is InChI=1S/C30H46N4O4S/c1-19(2)15-23(26(36)29-31-13-14-39-29)32-28(38)24(16-20(3)4)33-27(37)22(17-21-11-9-8-10-12-21)18-25(35)34-30(5,6)7/h8-14,19-20,22-24,26,36H,15-18H2,1-7H3,(H,32,38)(H,33,37)(H,34,35)/t22-,23+,24+,26-/m1/s1. The summed E-state index contributed by atoms with van der Waals surface area (Å²) in [5.41, 5.74) is 0.517. The van der Waals surface area contributed by atoms with Gasteiger partial charge in [-0.25, -0.2) is 4.98 Å². The van der Waals surface area contributed by atoms with E-state index in [0.29, 0.717) is 24.3 Å². The molecule has 1 aromatic carbocycles. The minimum atomic E-state index is -0.946. The lowest BCUT2D eigenvalue weighted by Gasteiger charge is -2.29. The van der Waals surface area contributed by atoms with Crippen molar-refractivity contribution in [2.75, 3.05) is 0 Å². The summed E-state index contributed by atoms with van der Waals surface area (Å²) in [5, 5.41) is 22.2. The smallest absolute Gasteiger partial charge is 0.242 e. The second-order valence-electron chi connectivity index (χ2n) is 12.1. The fraction of sp³-hybridized carbons (Fsp3) is 0.600. The molecule has 8 nitrogen and oxygen atoms in total. The Morgan fingerprint density at radius 2 is 1.59 bits per heavy atom. The minimum Gasteiger partial charge on any atom is -0.384 e. The summed E-state index contributed by atoms with van der Waals surface area (Å²) < 4.78 is 0. The molecule has 0 unspecified atom stereocenters. The first-order valence-electron chi connectivity index (χ1n) is 13.8. The highest BCUT2D eigenvalue weighted by Gasteiger charge is 2.32. The predicted molar refractivity (Wildman–Crippen MR) is 156 cm³/mol. The molecule has 0 aliphatic rings. The van der Waals surface area contributed by atoms with Gasteiger partial charge in [-0.15, -0.1) is 11.3 Å². The van der Waals surface area contributed by atoms with E-state index < -0.39 is 29.6 Å². The van der Waals surface area contributed by atoms with Crippen molar-refractivity contribution in [3.8, 4) is 0 Å². The van der Waals surface area contributed by atoms with Crippen LogP contribution in [-0.4, -0.2) is 45.4 Å². The van der Waals surface area contributed by atoms with Crippen LogP contribution in [0.1, 0.15) is 84.4 Å². The normalized spacial score (nSPS) is 14.9. The van der Waals surface area contributed by atoms with Gasteiger partial charge in [0.05, 0.1) is 12.0 Å². The van der Waals surface area contributed by atoms with Crippen LogP contribution in [0.15, 0.2) is 41.9 Å². The van der Waals surface area contributed by atoms with Crippen molar-refractivity contribution >= 4 is 29.1 Å². The zero-order valence-corrected chi connectivity index (χ0v) is 25.2. The summed E-state index contributed by atoms with van der Waals surface area (Å²) in [5.74, 6) is -1.21. The fourth-order valence-electron chi connectivity index (χ4n) is 4.45. The lowest BCUT2D eigenvalue weighted by atomic mass is 9.93. The fourth-order valence-corrected chi connectivity index (χ4v) is 5.14. The number of hydrogen-bond acceptors (Lipinski definition) is 6. The molecule has 0 fully saturated rings. The van der Waals surface area contributed by atoms with Gasteiger partial charge in [0.25, 0.3) is 0 Å². The van der Waals surface area contributed by atoms with Crippen molar-refractivity contribution in [3.63, 3.8) is 0 Å². The Balaban J connectivity index is 2.23. The largest absolute Gasteiger partial charge is 0.384 e. The molecule has 9 heteroatoms. The van der Waals surface area contributed by atoms with Gasteiger partial charge in [-0.1, -0.05) is 58.0 Å². The number of carbonyl (C=O) groups excluding carboxylic acids is 3. The monoisotopic (exact) mass is 558 g/mol. The number of carbonyl (C=O) groups is 3. The van der Waals surface area contributed by atoms with E-state index in [9.17, 15) is 19.5 Å². The topological polar surface area (TPSA) is 120 Å². The van der Waals surface area contributed by atoms with Crippen LogP contribution in [0, 0.1) is 17.8 Å². The van der Waals surface area contributed by atoms with E-state index in [1.165, 1.54) is 11.3 Å². The molecular weight excluding hydrogens is 512 g/mol. The number of rotatable bonds is 14. The van der Waals surface area contributed by atoms with E-state index >= 15 is 0 Å². The Hall–Kier alpha value is -2.78. The van der Waals surface area contributed by atoms with Crippen molar-refractivity contribution < 1.29 is 19.5 Å². The molecule has 2 aromatic rings. The highest BCUT2D eigenvalue weighted by molar-refractivity contribution is 7.09. The van der Waals surface area contributed by atoms with E-state index in [2.05, 4.69) is 20.9 Å². The summed E-state index contributed by atoms with van der Waals surface area (Å²) >= 11 is 1.34. The summed E-state index contributed by atoms with van der Waals surface area (Å²) in [7, 11) is 0. The molecule has 0 aliphatic heterocycles. The summed E-state index contributed by atoms with van der Waals surface area (Å²) in [6.07, 6.45) is 2.04. The molecular formula is C30H46N4O4S. The summed E-state index contributed by atoms with van der Waals surface area (Å²) in [4.78, 5) is 44.2. The van der Waals surface area contributed by atoms with Gasteiger partial charge in [0.1, 0.15) is 17.2 Å². The highest BCUT2D eigenvalue weighted by atomic mass is 32.1. The maximum Gasteiger partial charge on any atom is 0.242 e. The van der Waals surface area contributed by atoms with Crippen LogP contribution in [0.2, 0.25) is 0 Å². The second kappa shape index (κ2) is 15.1. The molecule has 0 saturated carbocycles. The Morgan fingerprint density at radius 3 is 2.13 bits per heavy atom. The minimum absolute atomic E-state index is 0.00670. The average Bonchev–Trinajstić information content (AvgIpc) is 3.36. The number of aliphatic hydroxyl groups excluding tert-OH is 1. The number of amides is 3. The van der Waals surface area contributed by atoms with Crippen molar-refractivity contribution in [1.29, 1.82) is 0 Å². The van der Waals surface area contributed by atoms with Crippen molar-refractivity contribution in [2.45, 2.75) is 97.9 Å². The SMILES string of the molecule is CC(C)C[C@H](NC(=O)[C@@H](CC(=O)NC(C)(C)C)Cc1ccccc1)C(=O)N[C@@H](CC(C)C)[C@@H](O)c1nccs1. The Bertz CT molecular complexity index is 1030. The quantitative estimate of drug-likeness (QED) is 0.274. The van der Waals surface area contributed by atoms with Gasteiger partial charge in [-0.05, 0) is 57.4 Å². The second-order valence-corrected chi connectivity index (χ2v) is 13.1. The van der Waals surface area contributed by atoms with Gasteiger partial charge in [-0.2, -0.15) is 0 Å². The van der Waals surface area contributed by atoms with E-state index in [4.69, 9.17) is 0 Å². The molecule has 0 spiro atoms. The molecule has 39 heavy (non-hydrogen) atoms. The molecule has 4 atom stereocenters. The third-order valence-corrected chi connectivity index (χ3v) is 6.97. The molecule has 4 N–H and O–H groups in total. The molecule has 216 valence electrons. The van der Waals surface area contributed by atoms with Crippen LogP contribution in [0.25, 0.3) is 0 Å². The van der Waals surface area contributed by atoms with Crippen LogP contribution in [0.4, 0.5) is 0 Å². The number of nitrogens with one attached hydrogen (secondary N) is 3. The third-order valence-electron chi connectivity index (χ3n) is 6.12. The van der Waals surface area contributed by atoms with Crippen LogP contribution in [0.5, 0.6) is 0 Å². The number of thiazole rings is 1. The number of nitrogens with zero attached hydrogens (tertiary/aromatic N) is 1. The molecule has 0 aliphatic carbocycles. The van der Waals surface area contributed by atoms with Crippen molar-refractivity contribution in [2.24, 2.45) is 17.8 Å². The first-order valence-corrected chi connectivity index (χ1v) is 14.7. The van der Waals surface area contributed by atoms with Gasteiger partial charge >= 0.3 is 0 Å². The Kier molecular flexibility index (Phi) is 12.6. The Morgan fingerprint density at radius 1 is 0.949 bits per heavy atom. The number of aliphatic hydroxyl groups is 1. The Labute approximate surface area is 237 Å². The van der Waals surface area contributed by atoms with E-state index in [1.807, 2.05) is 78.8 Å². The van der Waals surface area contributed by atoms with Crippen molar-refractivity contribution in [1.82, 2.24) is 20.9 Å². The van der Waals surface area contributed by atoms with Gasteiger partial charge in [0, 0.05) is 23.5 Å². The van der Waals surface area contributed by atoms with Crippen molar-refractivity contribution in [3.05, 3.63) is 52.5 Å². The first-order chi connectivity index (χ1) is 18.2. The number of benzene rings is 1. The first kappa shape index (κ1) is 32.4. The maximum absolute atomic E-state index is 13.6. The zero-order chi connectivity index (χ0) is 29.2. The molecule has 1 aromatic heterocycles. The molecule has 1 heterocycles. The maximum atomic E-state index is 13.6. The highest BCUT2D eigenvalue weighted by Crippen LogP contribution is 2.24. The molecule has 3 amide bonds. The van der Waals surface area contributed by atoms with Crippen LogP contribution in [-0.2, 0) is 20.8 Å². The lowest BCUT2D eigenvalue weighted by molar-refractivity contribution is -0.134.